The largest absolute Gasteiger partial charge is 0.361 e. The average Bonchev–Trinajstić information content (AvgIpc) is 2.79. The zero-order valence-corrected chi connectivity index (χ0v) is 18.4. The van der Waals surface area contributed by atoms with Crippen molar-refractivity contribution in [2.24, 2.45) is 0 Å². The molecule has 1 heterocycles. The van der Waals surface area contributed by atoms with Gasteiger partial charge in [-0.25, -0.2) is 0 Å². The summed E-state index contributed by atoms with van der Waals surface area (Å²) in [5.74, 6) is 1.50. The summed E-state index contributed by atoms with van der Waals surface area (Å²) in [5.41, 5.74) is 0.892. The van der Waals surface area contributed by atoms with Crippen molar-refractivity contribution >= 4 is 11.9 Å². The maximum absolute atomic E-state index is 5.61. The van der Waals surface area contributed by atoms with Crippen LogP contribution in [0.2, 0.25) is 0 Å². The number of anilines is 2. The Morgan fingerprint density at radius 1 is 0.600 bits per heavy atom. The number of hydrogen-bond donors (Lipinski definition) is 0. The highest BCUT2D eigenvalue weighted by Crippen LogP contribution is 2.21. The van der Waals surface area contributed by atoms with Gasteiger partial charge in [0.05, 0.1) is 0 Å². The lowest BCUT2D eigenvalue weighted by atomic mass is 10.2. The summed E-state index contributed by atoms with van der Waals surface area (Å²) in [6.45, 7) is 11.3. The Morgan fingerprint density at radius 2 is 1.00 bits per heavy atom. The minimum atomic E-state index is 0.311. The van der Waals surface area contributed by atoms with Gasteiger partial charge in [0, 0.05) is 32.0 Å². The first-order valence-electron chi connectivity index (χ1n) is 10.4. The predicted octanol–water partition coefficient (Wildman–Crippen LogP) is 3.13. The molecule has 9 heteroatoms. The Morgan fingerprint density at radius 3 is 1.37 bits per heavy atom. The molecule has 0 radical (unpaired) electrons. The summed E-state index contributed by atoms with van der Waals surface area (Å²) in [6, 6.07) is 9.80. The first-order valence-corrected chi connectivity index (χ1v) is 10.4. The van der Waals surface area contributed by atoms with Crippen LogP contribution in [0.3, 0.4) is 0 Å². The van der Waals surface area contributed by atoms with E-state index in [1.807, 2.05) is 67.8 Å². The molecule has 1 aromatic carbocycles. The van der Waals surface area contributed by atoms with Crippen molar-refractivity contribution in [2.45, 2.75) is 27.7 Å². The van der Waals surface area contributed by atoms with Crippen molar-refractivity contribution in [3.05, 3.63) is 30.3 Å². The molecule has 0 spiro atoms. The zero-order valence-electron chi connectivity index (χ0n) is 18.4. The van der Waals surface area contributed by atoms with Gasteiger partial charge in [0.25, 0.3) is 0 Å². The van der Waals surface area contributed by atoms with Crippen LogP contribution in [0, 0.1) is 0 Å². The van der Waals surface area contributed by atoms with Gasteiger partial charge in [0.15, 0.2) is 5.82 Å². The van der Waals surface area contributed by atoms with Crippen LogP contribution < -0.4 is 9.80 Å². The van der Waals surface area contributed by atoms with E-state index in [2.05, 4.69) is 15.0 Å². The van der Waals surface area contributed by atoms with Crippen LogP contribution >= 0.6 is 0 Å². The second-order valence-electron chi connectivity index (χ2n) is 6.19. The lowest BCUT2D eigenvalue weighted by Crippen LogP contribution is -2.34. The third-order valence-corrected chi connectivity index (χ3v) is 4.01. The molecule has 0 unspecified atom stereocenters. The number of rotatable bonds is 15. The van der Waals surface area contributed by atoms with Gasteiger partial charge in [-0.15, -0.1) is 0 Å². The first kappa shape index (κ1) is 23.9. The van der Waals surface area contributed by atoms with Crippen LogP contribution in [0.4, 0.5) is 11.9 Å². The number of nitrogens with zero attached hydrogens (tertiary/aromatic N) is 5. The molecule has 9 nitrogen and oxygen atoms in total. The molecule has 0 aliphatic rings. The lowest BCUT2D eigenvalue weighted by molar-refractivity contribution is 0.0928. The molecule has 166 valence electrons. The molecule has 30 heavy (non-hydrogen) atoms. The van der Waals surface area contributed by atoms with Gasteiger partial charge in [-0.1, -0.05) is 30.3 Å². The zero-order chi connectivity index (χ0) is 21.6. The van der Waals surface area contributed by atoms with Gasteiger partial charge < -0.3 is 18.9 Å². The summed E-state index contributed by atoms with van der Waals surface area (Å²) in [7, 11) is 0. The van der Waals surface area contributed by atoms with E-state index >= 15 is 0 Å². The van der Waals surface area contributed by atoms with E-state index in [0.717, 1.165) is 5.56 Å². The van der Waals surface area contributed by atoms with E-state index in [-0.39, 0.29) is 0 Å². The van der Waals surface area contributed by atoms with E-state index in [1.54, 1.807) is 0 Å². The monoisotopic (exact) mass is 419 g/mol. The molecule has 0 atom stereocenters. The van der Waals surface area contributed by atoms with Crippen molar-refractivity contribution < 1.29 is 18.9 Å². The van der Waals surface area contributed by atoms with Crippen LogP contribution in [-0.4, -0.2) is 68.3 Å². The van der Waals surface area contributed by atoms with Gasteiger partial charge in [0.2, 0.25) is 11.9 Å². The van der Waals surface area contributed by atoms with E-state index in [4.69, 9.17) is 18.9 Å². The molecule has 0 saturated carbocycles. The smallest absolute Gasteiger partial charge is 0.234 e. The van der Waals surface area contributed by atoms with Crippen molar-refractivity contribution in [2.75, 3.05) is 63.2 Å². The number of aromatic nitrogens is 3. The van der Waals surface area contributed by atoms with Crippen molar-refractivity contribution in [3.8, 4) is 11.4 Å². The SMILES string of the molecule is CCOCN(COCC)c1nc(-c2ccccc2)nc(N(COCC)COCC)n1. The fourth-order valence-electron chi connectivity index (χ4n) is 2.46. The van der Waals surface area contributed by atoms with Crippen LogP contribution in [0.15, 0.2) is 30.3 Å². The molecule has 2 rings (SSSR count). The van der Waals surface area contributed by atoms with E-state index in [0.29, 0.717) is 71.1 Å². The topological polar surface area (TPSA) is 82.1 Å². The Balaban J connectivity index is 2.46. The molecule has 0 fully saturated rings. The molecular formula is C21H33N5O4. The van der Waals surface area contributed by atoms with E-state index in [1.165, 1.54) is 0 Å². The lowest BCUT2D eigenvalue weighted by Gasteiger charge is -2.26. The summed E-state index contributed by atoms with van der Waals surface area (Å²) in [4.78, 5) is 17.7. The molecule has 0 aliphatic carbocycles. The van der Waals surface area contributed by atoms with Crippen LogP contribution in [0.1, 0.15) is 27.7 Å². The summed E-state index contributed by atoms with van der Waals surface area (Å²) < 4.78 is 22.4. The highest BCUT2D eigenvalue weighted by atomic mass is 16.5. The number of hydrogen-bond acceptors (Lipinski definition) is 9. The predicted molar refractivity (Wildman–Crippen MR) is 116 cm³/mol. The second-order valence-corrected chi connectivity index (χ2v) is 6.19. The van der Waals surface area contributed by atoms with Gasteiger partial charge in [-0.05, 0) is 27.7 Å². The third kappa shape index (κ3) is 7.49. The minimum Gasteiger partial charge on any atom is -0.361 e. The molecule has 2 aromatic rings. The second kappa shape index (κ2) is 13.8. The minimum absolute atomic E-state index is 0.311. The average molecular weight is 420 g/mol. The highest BCUT2D eigenvalue weighted by Gasteiger charge is 2.19. The Labute approximate surface area is 179 Å². The van der Waals surface area contributed by atoms with Gasteiger partial charge in [-0.3, -0.25) is 9.80 Å². The third-order valence-electron chi connectivity index (χ3n) is 4.01. The van der Waals surface area contributed by atoms with Crippen molar-refractivity contribution in [3.63, 3.8) is 0 Å². The van der Waals surface area contributed by atoms with E-state index < -0.39 is 0 Å². The molecule has 0 amide bonds. The standard InChI is InChI=1S/C21H33N5O4/c1-5-27-14-25(15-28-6-2)20-22-19(18-12-10-9-11-13-18)23-21(24-20)26(16-29-7-3)17-30-8-4/h9-13H,5-8,14-17H2,1-4H3. The number of benzene rings is 1. The van der Waals surface area contributed by atoms with Crippen LogP contribution in [-0.2, 0) is 18.9 Å². The molecule has 1 aromatic heterocycles. The first-order chi connectivity index (χ1) is 14.7. The van der Waals surface area contributed by atoms with Crippen molar-refractivity contribution in [1.29, 1.82) is 0 Å². The van der Waals surface area contributed by atoms with Gasteiger partial charge in [0.1, 0.15) is 26.9 Å². The molecule has 0 aliphatic heterocycles. The van der Waals surface area contributed by atoms with Crippen LogP contribution in [0.25, 0.3) is 11.4 Å². The highest BCUT2D eigenvalue weighted by molar-refractivity contribution is 5.58. The Hall–Kier alpha value is -2.33. The Kier molecular flexibility index (Phi) is 11.0. The summed E-state index contributed by atoms with van der Waals surface area (Å²) in [5, 5.41) is 0. The van der Waals surface area contributed by atoms with Crippen LogP contribution in [0.5, 0.6) is 0 Å². The quantitative estimate of drug-likeness (QED) is 0.404. The normalized spacial score (nSPS) is 10.9. The summed E-state index contributed by atoms with van der Waals surface area (Å²) in [6.07, 6.45) is 0. The van der Waals surface area contributed by atoms with Gasteiger partial charge in [-0.2, -0.15) is 15.0 Å². The maximum atomic E-state index is 5.61. The van der Waals surface area contributed by atoms with Gasteiger partial charge >= 0.3 is 0 Å². The molecular weight excluding hydrogens is 386 g/mol. The summed E-state index contributed by atoms with van der Waals surface area (Å²) >= 11 is 0. The fourth-order valence-corrected chi connectivity index (χ4v) is 2.46. The molecule has 0 saturated heterocycles. The molecule has 0 N–H and O–H groups in total. The Bertz CT molecular complexity index is 666. The number of ether oxygens (including phenoxy) is 4. The fraction of sp³-hybridized carbons (Fsp3) is 0.571. The molecule has 0 bridgehead atoms. The van der Waals surface area contributed by atoms with E-state index in [9.17, 15) is 0 Å². The maximum Gasteiger partial charge on any atom is 0.234 e. The van der Waals surface area contributed by atoms with Crippen molar-refractivity contribution in [1.82, 2.24) is 15.0 Å².